The van der Waals surface area contributed by atoms with E-state index in [1.807, 2.05) is 0 Å². The van der Waals surface area contributed by atoms with E-state index >= 15 is 0 Å². The molecule has 0 bridgehead atoms. The van der Waals surface area contributed by atoms with Crippen molar-refractivity contribution in [2.45, 2.75) is 0 Å². The molecular weight excluding hydrogens is 465 g/mol. The van der Waals surface area contributed by atoms with Gasteiger partial charge in [-0.1, -0.05) is 24.3 Å². The molecule has 0 aromatic heterocycles. The second-order valence-electron chi connectivity index (χ2n) is 7.45. The van der Waals surface area contributed by atoms with Crippen LogP contribution in [-0.4, -0.2) is 41.3 Å². The van der Waals surface area contributed by atoms with Crippen LogP contribution in [-0.2, 0) is 0 Å². The molecule has 0 radical (unpaired) electrons. The minimum atomic E-state index is -0.556. The normalized spacial score (nSPS) is 10.9. The van der Waals surface area contributed by atoms with Crippen LogP contribution in [0.2, 0.25) is 0 Å². The molecule has 3 aromatic rings. The molecule has 0 amide bonds. The second kappa shape index (κ2) is 12.3. The lowest BCUT2D eigenvalue weighted by Gasteiger charge is -2.13. The van der Waals surface area contributed by atoms with Crippen LogP contribution in [0.4, 0.5) is 10.1 Å². The third kappa shape index (κ3) is 6.15. The van der Waals surface area contributed by atoms with Crippen LogP contribution >= 0.6 is 0 Å². The Balaban J connectivity index is 1.85. The fourth-order valence-electron chi connectivity index (χ4n) is 3.50. The smallest absolute Gasteiger partial charge is 0.203 e. The van der Waals surface area contributed by atoms with Crippen LogP contribution in [0.25, 0.3) is 12.2 Å². The van der Waals surface area contributed by atoms with E-state index in [0.29, 0.717) is 39.8 Å². The van der Waals surface area contributed by atoms with Crippen molar-refractivity contribution in [3.8, 4) is 28.7 Å². The van der Waals surface area contributed by atoms with E-state index in [1.165, 1.54) is 53.9 Å². The highest BCUT2D eigenvalue weighted by Crippen LogP contribution is 2.39. The molecular formula is C28H28FNO6. The first kappa shape index (κ1) is 26.2. The predicted molar refractivity (Wildman–Crippen MR) is 138 cm³/mol. The van der Waals surface area contributed by atoms with Crippen molar-refractivity contribution in [3.63, 3.8) is 0 Å². The lowest BCUT2D eigenvalue weighted by Crippen LogP contribution is -1.99. The molecule has 0 atom stereocenters. The van der Waals surface area contributed by atoms with Gasteiger partial charge in [-0.05, 0) is 47.5 Å². The summed E-state index contributed by atoms with van der Waals surface area (Å²) in [5, 5.41) is 2.94. The van der Waals surface area contributed by atoms with Gasteiger partial charge in [-0.2, -0.15) is 0 Å². The van der Waals surface area contributed by atoms with E-state index in [0.717, 1.165) is 5.56 Å². The first-order chi connectivity index (χ1) is 17.4. The Morgan fingerprint density at radius 3 is 2.00 bits per heavy atom. The summed E-state index contributed by atoms with van der Waals surface area (Å²) in [7, 11) is 7.51. The Labute approximate surface area is 209 Å². The fraction of sp³-hybridized carbons (Fsp3) is 0.179. The van der Waals surface area contributed by atoms with Crippen LogP contribution in [0.1, 0.15) is 21.5 Å². The summed E-state index contributed by atoms with van der Waals surface area (Å²) >= 11 is 0. The Kier molecular flexibility index (Phi) is 8.94. The van der Waals surface area contributed by atoms with Gasteiger partial charge in [-0.25, -0.2) is 4.39 Å². The molecule has 8 heteroatoms. The van der Waals surface area contributed by atoms with E-state index in [1.54, 1.807) is 54.6 Å². The van der Waals surface area contributed by atoms with Gasteiger partial charge < -0.3 is 29.0 Å². The number of carbonyl (C=O) groups excluding carboxylic acids is 1. The van der Waals surface area contributed by atoms with E-state index in [2.05, 4.69) is 5.32 Å². The lowest BCUT2D eigenvalue weighted by molar-refractivity contribution is 0.104. The Morgan fingerprint density at radius 2 is 1.42 bits per heavy atom. The minimum Gasteiger partial charge on any atom is -0.497 e. The molecule has 0 aliphatic heterocycles. The van der Waals surface area contributed by atoms with Gasteiger partial charge in [0.25, 0.3) is 0 Å². The Bertz CT molecular complexity index is 1260. The maximum atomic E-state index is 14.7. The summed E-state index contributed by atoms with van der Waals surface area (Å²) < 4.78 is 41.2. The van der Waals surface area contributed by atoms with Crippen molar-refractivity contribution in [1.82, 2.24) is 0 Å². The SMILES string of the molecule is COc1cccc(C(=O)C=CNc2cc(C=Cc3cc(OC)c(OC)c(OC)c3)cc(F)c2OC)c1. The number of methoxy groups -OCH3 is 5. The monoisotopic (exact) mass is 493 g/mol. The number of hydrogen-bond acceptors (Lipinski definition) is 7. The van der Waals surface area contributed by atoms with E-state index in [-0.39, 0.29) is 11.5 Å². The van der Waals surface area contributed by atoms with E-state index in [4.69, 9.17) is 23.7 Å². The highest BCUT2D eigenvalue weighted by molar-refractivity contribution is 6.04. The zero-order valence-electron chi connectivity index (χ0n) is 20.8. The van der Waals surface area contributed by atoms with Crippen LogP contribution in [0.15, 0.2) is 60.8 Å². The molecule has 188 valence electrons. The van der Waals surface area contributed by atoms with Gasteiger partial charge in [0.2, 0.25) is 5.75 Å². The van der Waals surface area contributed by atoms with Gasteiger partial charge >= 0.3 is 0 Å². The standard InChI is InChI=1S/C28H28FNO6/c1-32-21-8-6-7-20(17-21)24(31)11-12-30-23-14-18(13-22(29)27(23)35-4)9-10-19-15-25(33-2)28(36-5)26(16-19)34-3/h6-17,30H,1-5H3. The third-order valence-electron chi connectivity index (χ3n) is 5.25. The van der Waals surface area contributed by atoms with Crippen LogP contribution < -0.4 is 29.0 Å². The fourth-order valence-corrected chi connectivity index (χ4v) is 3.50. The van der Waals surface area contributed by atoms with Gasteiger partial charge in [-0.15, -0.1) is 0 Å². The average Bonchev–Trinajstić information content (AvgIpc) is 2.90. The maximum Gasteiger partial charge on any atom is 0.203 e. The highest BCUT2D eigenvalue weighted by atomic mass is 19.1. The molecule has 0 spiro atoms. The van der Waals surface area contributed by atoms with Crippen LogP contribution in [0, 0.1) is 5.82 Å². The number of ketones is 1. The van der Waals surface area contributed by atoms with Crippen molar-refractivity contribution < 1.29 is 32.9 Å². The van der Waals surface area contributed by atoms with Crippen LogP contribution in [0.5, 0.6) is 28.7 Å². The van der Waals surface area contributed by atoms with Crippen LogP contribution in [0.3, 0.4) is 0 Å². The average molecular weight is 494 g/mol. The number of hydrogen-bond donors (Lipinski definition) is 1. The summed E-state index contributed by atoms with van der Waals surface area (Å²) in [5.74, 6) is 1.31. The number of benzene rings is 3. The minimum absolute atomic E-state index is 0.0263. The summed E-state index contributed by atoms with van der Waals surface area (Å²) in [6.07, 6.45) is 6.31. The Hall–Kier alpha value is -4.46. The molecule has 0 unspecified atom stereocenters. The molecule has 3 aromatic carbocycles. The topological polar surface area (TPSA) is 75.3 Å². The number of halogens is 1. The molecule has 3 rings (SSSR count). The molecule has 0 heterocycles. The number of carbonyl (C=O) groups is 1. The molecule has 0 fully saturated rings. The molecule has 36 heavy (non-hydrogen) atoms. The van der Waals surface area contributed by atoms with Gasteiger partial charge in [0, 0.05) is 17.8 Å². The van der Waals surface area contributed by atoms with Gasteiger partial charge in [0.15, 0.2) is 28.8 Å². The Morgan fingerprint density at radius 1 is 0.778 bits per heavy atom. The number of anilines is 1. The molecule has 0 aliphatic rings. The first-order valence-corrected chi connectivity index (χ1v) is 10.9. The van der Waals surface area contributed by atoms with Crippen molar-refractivity contribution in [2.24, 2.45) is 0 Å². The van der Waals surface area contributed by atoms with Gasteiger partial charge in [-0.3, -0.25) is 4.79 Å². The summed E-state index contributed by atoms with van der Waals surface area (Å²) in [6, 6.07) is 13.4. The quantitative estimate of drug-likeness (QED) is 0.204. The zero-order chi connectivity index (χ0) is 26.1. The summed E-state index contributed by atoms with van der Waals surface area (Å²) in [5.41, 5.74) is 2.15. The third-order valence-corrected chi connectivity index (χ3v) is 5.25. The zero-order valence-corrected chi connectivity index (χ0v) is 20.8. The summed E-state index contributed by atoms with van der Waals surface area (Å²) in [6.45, 7) is 0. The van der Waals surface area contributed by atoms with Crippen molar-refractivity contribution in [1.29, 1.82) is 0 Å². The van der Waals surface area contributed by atoms with Crippen molar-refractivity contribution >= 4 is 23.6 Å². The van der Waals surface area contributed by atoms with Gasteiger partial charge in [0.05, 0.1) is 41.2 Å². The maximum absolute atomic E-state index is 14.7. The van der Waals surface area contributed by atoms with E-state index < -0.39 is 5.82 Å². The molecule has 0 aliphatic carbocycles. The van der Waals surface area contributed by atoms with Gasteiger partial charge in [0.1, 0.15) is 5.75 Å². The molecule has 0 saturated heterocycles. The molecule has 1 N–H and O–H groups in total. The van der Waals surface area contributed by atoms with Crippen molar-refractivity contribution in [2.75, 3.05) is 40.9 Å². The number of rotatable bonds is 11. The first-order valence-electron chi connectivity index (χ1n) is 10.9. The summed E-state index contributed by atoms with van der Waals surface area (Å²) in [4.78, 5) is 12.5. The second-order valence-corrected chi connectivity index (χ2v) is 7.45. The lowest BCUT2D eigenvalue weighted by atomic mass is 10.1. The highest BCUT2D eigenvalue weighted by Gasteiger charge is 2.13. The predicted octanol–water partition coefficient (Wildman–Crippen LogP) is 5.85. The number of allylic oxidation sites excluding steroid dienone is 1. The number of ether oxygens (including phenoxy) is 5. The largest absolute Gasteiger partial charge is 0.497 e. The van der Waals surface area contributed by atoms with E-state index in [9.17, 15) is 9.18 Å². The molecule has 7 nitrogen and oxygen atoms in total. The molecule has 0 saturated carbocycles. The van der Waals surface area contributed by atoms with Crippen molar-refractivity contribution in [3.05, 3.63) is 83.3 Å². The number of nitrogens with one attached hydrogen (secondary N) is 1.